The summed E-state index contributed by atoms with van der Waals surface area (Å²) in [4.78, 5) is 31.9. The first-order valence-electron chi connectivity index (χ1n) is 11.5. The van der Waals surface area contributed by atoms with Crippen LogP contribution in [0.15, 0.2) is 11.4 Å². The Morgan fingerprint density at radius 2 is 1.94 bits per heavy atom. The van der Waals surface area contributed by atoms with Crippen LogP contribution in [0.3, 0.4) is 0 Å². The third-order valence-electron chi connectivity index (χ3n) is 5.31. The fourth-order valence-corrected chi connectivity index (χ4v) is 4.36. The van der Waals surface area contributed by atoms with Gasteiger partial charge >= 0.3 is 5.97 Å². The summed E-state index contributed by atoms with van der Waals surface area (Å²) in [6.07, 6.45) is 4.56. The lowest BCUT2D eigenvalue weighted by atomic mass is 10.1. The molecule has 2 aromatic rings. The van der Waals surface area contributed by atoms with Crippen molar-refractivity contribution in [3.63, 3.8) is 0 Å². The van der Waals surface area contributed by atoms with Crippen molar-refractivity contribution in [2.45, 2.75) is 73.8 Å². The second kappa shape index (κ2) is 12.0. The molecule has 0 radical (unpaired) electrons. The molecule has 0 unspecified atom stereocenters. The minimum atomic E-state index is -0.405. The molecule has 0 bridgehead atoms. The van der Waals surface area contributed by atoms with Crippen molar-refractivity contribution in [3.8, 4) is 11.4 Å². The standard InChI is InChI=1S/C24H37N3O3S/c1-7-10-11-12-13-26(8-2)23(28)19-14-21(27(18(19)6)15-17(4)5)20-16-31-22(25-20)24(29)30-9-3/h14,16-17H,7-13,15H2,1-6H3. The SMILES string of the molecule is CCCCCCN(CC)C(=O)c1cc(-c2csc(C(=O)OCC)n2)n(CC(C)C)c1C. The molecule has 0 aliphatic carbocycles. The molecule has 1 amide bonds. The lowest BCUT2D eigenvalue weighted by Crippen LogP contribution is -2.32. The highest BCUT2D eigenvalue weighted by atomic mass is 32.1. The molecule has 0 atom stereocenters. The number of esters is 1. The molecule has 0 aromatic carbocycles. The van der Waals surface area contributed by atoms with Gasteiger partial charge in [0.1, 0.15) is 0 Å². The number of amides is 1. The quantitative estimate of drug-likeness (QED) is 0.305. The van der Waals surface area contributed by atoms with E-state index in [0.717, 1.165) is 42.9 Å². The Morgan fingerprint density at radius 3 is 2.55 bits per heavy atom. The van der Waals surface area contributed by atoms with E-state index < -0.39 is 5.97 Å². The summed E-state index contributed by atoms with van der Waals surface area (Å²) in [6.45, 7) is 14.9. The highest BCUT2D eigenvalue weighted by Gasteiger charge is 2.24. The molecule has 0 aliphatic heterocycles. The normalized spacial score (nSPS) is 11.2. The zero-order valence-electron chi connectivity index (χ0n) is 19.9. The number of hydrogen-bond acceptors (Lipinski definition) is 5. The molecular formula is C24H37N3O3S. The van der Waals surface area contributed by atoms with Crippen molar-refractivity contribution in [3.05, 3.63) is 27.7 Å². The Morgan fingerprint density at radius 1 is 1.19 bits per heavy atom. The van der Waals surface area contributed by atoms with Crippen molar-refractivity contribution in [1.82, 2.24) is 14.5 Å². The topological polar surface area (TPSA) is 64.4 Å². The maximum atomic E-state index is 13.4. The highest BCUT2D eigenvalue weighted by molar-refractivity contribution is 7.11. The first-order valence-corrected chi connectivity index (χ1v) is 12.3. The van der Waals surface area contributed by atoms with Crippen LogP contribution in [0.2, 0.25) is 0 Å². The highest BCUT2D eigenvalue weighted by Crippen LogP contribution is 2.29. The molecule has 2 rings (SSSR count). The Kier molecular flexibility index (Phi) is 9.75. The number of hydrogen-bond donors (Lipinski definition) is 0. The van der Waals surface area contributed by atoms with Crippen LogP contribution in [0.5, 0.6) is 0 Å². The van der Waals surface area contributed by atoms with E-state index in [9.17, 15) is 9.59 Å². The van der Waals surface area contributed by atoms with E-state index in [0.29, 0.717) is 29.8 Å². The van der Waals surface area contributed by atoms with Crippen LogP contribution < -0.4 is 0 Å². The van der Waals surface area contributed by atoms with Gasteiger partial charge in [0.05, 0.1) is 23.6 Å². The first kappa shape index (κ1) is 25.1. The van der Waals surface area contributed by atoms with E-state index >= 15 is 0 Å². The van der Waals surface area contributed by atoms with Crippen molar-refractivity contribution in [2.24, 2.45) is 5.92 Å². The van der Waals surface area contributed by atoms with Crippen LogP contribution in [-0.4, -0.2) is 46.0 Å². The van der Waals surface area contributed by atoms with Crippen LogP contribution in [0, 0.1) is 12.8 Å². The molecule has 0 aliphatic rings. The van der Waals surface area contributed by atoms with E-state index in [-0.39, 0.29) is 5.91 Å². The smallest absolute Gasteiger partial charge is 0.367 e. The van der Waals surface area contributed by atoms with Gasteiger partial charge in [-0.3, -0.25) is 4.79 Å². The third kappa shape index (κ3) is 6.42. The largest absolute Gasteiger partial charge is 0.461 e. The monoisotopic (exact) mass is 447 g/mol. The molecule has 6 nitrogen and oxygen atoms in total. The predicted octanol–water partition coefficient (Wildman–Crippen LogP) is 5.80. The van der Waals surface area contributed by atoms with Gasteiger partial charge in [-0.2, -0.15) is 0 Å². The number of aromatic nitrogens is 2. The van der Waals surface area contributed by atoms with Crippen LogP contribution in [0.4, 0.5) is 0 Å². The van der Waals surface area contributed by atoms with Crippen LogP contribution >= 0.6 is 11.3 Å². The number of ether oxygens (including phenoxy) is 1. The molecule has 7 heteroatoms. The van der Waals surface area contributed by atoms with Gasteiger partial charge in [0.15, 0.2) is 0 Å². The molecule has 2 heterocycles. The summed E-state index contributed by atoms with van der Waals surface area (Å²) < 4.78 is 7.24. The van der Waals surface area contributed by atoms with Gasteiger partial charge in [-0.05, 0) is 39.2 Å². The molecule has 0 saturated heterocycles. The van der Waals surface area contributed by atoms with Gasteiger partial charge < -0.3 is 14.2 Å². The molecule has 0 N–H and O–H groups in total. The molecule has 172 valence electrons. The van der Waals surface area contributed by atoms with E-state index in [1.807, 2.05) is 30.2 Å². The Balaban J connectivity index is 2.36. The second-order valence-electron chi connectivity index (χ2n) is 8.24. The molecule has 0 fully saturated rings. The van der Waals surface area contributed by atoms with Crippen molar-refractivity contribution >= 4 is 23.2 Å². The number of thiazole rings is 1. The Labute approximate surface area is 190 Å². The van der Waals surface area contributed by atoms with E-state index in [1.54, 1.807) is 6.92 Å². The molecule has 2 aromatic heterocycles. The number of carbonyl (C=O) groups excluding carboxylic acids is 2. The summed E-state index contributed by atoms with van der Waals surface area (Å²) in [6, 6.07) is 1.94. The van der Waals surface area contributed by atoms with Gasteiger partial charge in [-0.1, -0.05) is 40.0 Å². The van der Waals surface area contributed by atoms with Gasteiger partial charge in [0, 0.05) is 30.7 Å². The fourth-order valence-electron chi connectivity index (χ4n) is 3.66. The molecule has 31 heavy (non-hydrogen) atoms. The van der Waals surface area contributed by atoms with Gasteiger partial charge in [-0.15, -0.1) is 11.3 Å². The zero-order valence-corrected chi connectivity index (χ0v) is 20.7. The Bertz CT molecular complexity index is 870. The average Bonchev–Trinajstić information content (AvgIpc) is 3.33. The molecule has 0 spiro atoms. The van der Waals surface area contributed by atoms with Gasteiger partial charge in [-0.25, -0.2) is 9.78 Å². The zero-order chi connectivity index (χ0) is 23.0. The van der Waals surface area contributed by atoms with Gasteiger partial charge in [0.2, 0.25) is 5.01 Å². The number of rotatable bonds is 12. The second-order valence-corrected chi connectivity index (χ2v) is 9.10. The van der Waals surface area contributed by atoms with Crippen LogP contribution in [-0.2, 0) is 11.3 Å². The van der Waals surface area contributed by atoms with Crippen molar-refractivity contribution in [2.75, 3.05) is 19.7 Å². The summed E-state index contributed by atoms with van der Waals surface area (Å²) >= 11 is 1.28. The van der Waals surface area contributed by atoms with Gasteiger partial charge in [0.25, 0.3) is 5.91 Å². The van der Waals surface area contributed by atoms with Crippen molar-refractivity contribution in [1.29, 1.82) is 0 Å². The number of nitrogens with zero attached hydrogens (tertiary/aromatic N) is 3. The fraction of sp³-hybridized carbons (Fsp3) is 0.625. The molecular weight excluding hydrogens is 410 g/mol. The summed E-state index contributed by atoms with van der Waals surface area (Å²) in [5, 5.41) is 2.21. The minimum Gasteiger partial charge on any atom is -0.461 e. The maximum absolute atomic E-state index is 13.4. The summed E-state index contributed by atoms with van der Waals surface area (Å²) in [5.41, 5.74) is 3.26. The average molecular weight is 448 g/mol. The Hall–Kier alpha value is -2.15. The van der Waals surface area contributed by atoms with E-state index in [4.69, 9.17) is 4.74 Å². The van der Waals surface area contributed by atoms with E-state index in [2.05, 4.69) is 30.3 Å². The molecule has 0 saturated carbocycles. The number of carbonyl (C=O) groups is 2. The van der Waals surface area contributed by atoms with Crippen LogP contribution in [0.25, 0.3) is 11.4 Å². The van der Waals surface area contributed by atoms with Crippen LogP contribution in [0.1, 0.15) is 86.2 Å². The lowest BCUT2D eigenvalue weighted by Gasteiger charge is -2.21. The number of unbranched alkanes of at least 4 members (excludes halogenated alkanes) is 3. The first-order chi connectivity index (χ1) is 14.8. The third-order valence-corrected chi connectivity index (χ3v) is 6.13. The summed E-state index contributed by atoms with van der Waals surface area (Å²) in [7, 11) is 0. The van der Waals surface area contributed by atoms with Crippen molar-refractivity contribution < 1.29 is 14.3 Å². The lowest BCUT2D eigenvalue weighted by molar-refractivity contribution is 0.0525. The maximum Gasteiger partial charge on any atom is 0.367 e. The predicted molar refractivity (Wildman–Crippen MR) is 127 cm³/mol. The minimum absolute atomic E-state index is 0.0705. The van der Waals surface area contributed by atoms with E-state index in [1.165, 1.54) is 24.2 Å². The summed E-state index contributed by atoms with van der Waals surface area (Å²) in [5.74, 6) is 0.0753.